The zero-order chi connectivity index (χ0) is 16.6. The number of aromatic nitrogens is 2. The van der Waals surface area contributed by atoms with E-state index in [0.29, 0.717) is 32.2 Å². The van der Waals surface area contributed by atoms with E-state index in [9.17, 15) is 8.78 Å². The van der Waals surface area contributed by atoms with Crippen LogP contribution in [0.25, 0.3) is 16.9 Å². The number of rotatable bonds is 3. The van der Waals surface area contributed by atoms with E-state index in [1.807, 2.05) is 0 Å². The molecule has 0 unspecified atom stereocenters. The highest BCUT2D eigenvalue weighted by Gasteiger charge is 2.23. The molecule has 0 aliphatic rings. The van der Waals surface area contributed by atoms with Crippen LogP contribution < -0.4 is 0 Å². The molecule has 7 heteroatoms. The molecule has 0 aliphatic heterocycles. The maximum atomic E-state index is 14.3. The third-order valence-electron chi connectivity index (χ3n) is 3.31. The van der Waals surface area contributed by atoms with Crippen LogP contribution in [0.3, 0.4) is 0 Å². The number of nitrogens with zero attached hydrogens (tertiary/aromatic N) is 2. The van der Waals surface area contributed by atoms with Crippen molar-refractivity contribution in [2.24, 2.45) is 0 Å². The van der Waals surface area contributed by atoms with Gasteiger partial charge in [-0.2, -0.15) is 0 Å². The van der Waals surface area contributed by atoms with Crippen molar-refractivity contribution in [3.63, 3.8) is 0 Å². The predicted molar refractivity (Wildman–Crippen MR) is 94.3 cm³/mol. The molecular weight excluding hydrogens is 453 g/mol. The highest BCUT2D eigenvalue weighted by molar-refractivity contribution is 9.10. The Labute approximate surface area is 153 Å². The Morgan fingerprint density at radius 2 is 1.65 bits per heavy atom. The first-order valence-corrected chi connectivity index (χ1v) is 8.85. The van der Waals surface area contributed by atoms with Crippen molar-refractivity contribution in [1.29, 1.82) is 0 Å². The molecule has 23 heavy (non-hydrogen) atoms. The Hall–Kier alpha value is -1.24. The van der Waals surface area contributed by atoms with Crippen LogP contribution in [0.5, 0.6) is 0 Å². The molecule has 0 N–H and O–H groups in total. The summed E-state index contributed by atoms with van der Waals surface area (Å²) < 4.78 is 30.6. The van der Waals surface area contributed by atoms with Crippen LogP contribution >= 0.6 is 43.5 Å². The van der Waals surface area contributed by atoms with E-state index in [4.69, 9.17) is 11.6 Å². The number of imidazole rings is 1. The molecule has 1 aromatic heterocycles. The second kappa shape index (κ2) is 6.71. The standard InChI is InChI=1S/C16H9Br2ClF2N2/c17-8-13-22-16(18)15(14-11(20)2-1-3-12(14)21)23(13)10-6-4-9(19)5-7-10/h1-7H,8H2. The first kappa shape index (κ1) is 16.6. The first-order chi connectivity index (χ1) is 11.0. The minimum Gasteiger partial charge on any atom is -0.294 e. The first-order valence-electron chi connectivity index (χ1n) is 6.56. The molecule has 3 rings (SSSR count). The van der Waals surface area contributed by atoms with Crippen LogP contribution in [0.4, 0.5) is 8.78 Å². The van der Waals surface area contributed by atoms with Crippen molar-refractivity contribution in [3.8, 4) is 16.9 Å². The van der Waals surface area contributed by atoms with Gasteiger partial charge in [0.25, 0.3) is 0 Å². The molecule has 0 fully saturated rings. The van der Waals surface area contributed by atoms with Gasteiger partial charge in [0, 0.05) is 10.7 Å². The van der Waals surface area contributed by atoms with Gasteiger partial charge in [-0.1, -0.05) is 33.6 Å². The maximum Gasteiger partial charge on any atom is 0.135 e. The molecule has 0 amide bonds. The highest BCUT2D eigenvalue weighted by Crippen LogP contribution is 2.36. The Morgan fingerprint density at radius 3 is 2.22 bits per heavy atom. The van der Waals surface area contributed by atoms with Crippen LogP contribution in [-0.4, -0.2) is 9.55 Å². The van der Waals surface area contributed by atoms with E-state index in [1.165, 1.54) is 18.2 Å². The average molecular weight is 463 g/mol. The monoisotopic (exact) mass is 460 g/mol. The predicted octanol–water partition coefficient (Wildman–Crippen LogP) is 6.13. The molecule has 2 aromatic carbocycles. The van der Waals surface area contributed by atoms with Crippen LogP contribution in [0.15, 0.2) is 47.1 Å². The van der Waals surface area contributed by atoms with E-state index >= 15 is 0 Å². The molecule has 0 saturated heterocycles. The van der Waals surface area contributed by atoms with Crippen molar-refractivity contribution >= 4 is 43.5 Å². The number of alkyl halides is 1. The summed E-state index contributed by atoms with van der Waals surface area (Å²) >= 11 is 12.6. The van der Waals surface area contributed by atoms with Crippen molar-refractivity contribution in [3.05, 3.63) is 69.5 Å². The van der Waals surface area contributed by atoms with Crippen molar-refractivity contribution in [1.82, 2.24) is 9.55 Å². The number of halogens is 5. The number of benzene rings is 2. The van der Waals surface area contributed by atoms with Crippen LogP contribution in [-0.2, 0) is 5.33 Å². The van der Waals surface area contributed by atoms with Gasteiger partial charge in [0.05, 0.1) is 16.6 Å². The summed E-state index contributed by atoms with van der Waals surface area (Å²) in [5.74, 6) is -0.694. The second-order valence-corrected chi connectivity index (χ2v) is 6.46. The SMILES string of the molecule is Fc1cccc(F)c1-c1c(Br)nc(CBr)n1-c1ccc(Cl)cc1. The lowest BCUT2D eigenvalue weighted by molar-refractivity contribution is 0.588. The lowest BCUT2D eigenvalue weighted by atomic mass is 10.1. The zero-order valence-electron chi connectivity index (χ0n) is 11.5. The Kier molecular flexibility index (Phi) is 4.85. The molecule has 0 radical (unpaired) electrons. The van der Waals surface area contributed by atoms with Crippen LogP contribution in [0.2, 0.25) is 5.02 Å². The molecule has 1 heterocycles. The van der Waals surface area contributed by atoms with E-state index in [0.717, 1.165) is 0 Å². The average Bonchev–Trinajstić information content (AvgIpc) is 2.85. The molecule has 118 valence electrons. The van der Waals surface area contributed by atoms with E-state index < -0.39 is 11.6 Å². The van der Waals surface area contributed by atoms with Crippen LogP contribution in [0.1, 0.15) is 5.82 Å². The van der Waals surface area contributed by atoms with Crippen LogP contribution in [0, 0.1) is 11.6 Å². The van der Waals surface area contributed by atoms with E-state index in [-0.39, 0.29) is 5.56 Å². The van der Waals surface area contributed by atoms with Gasteiger partial charge in [-0.15, -0.1) is 0 Å². The number of hydrogen-bond acceptors (Lipinski definition) is 1. The van der Waals surface area contributed by atoms with Crippen molar-refractivity contribution in [2.45, 2.75) is 5.33 Å². The Balaban J connectivity index is 2.33. The summed E-state index contributed by atoms with van der Waals surface area (Å²) in [6, 6.07) is 10.7. The minimum absolute atomic E-state index is 0.131. The number of hydrogen-bond donors (Lipinski definition) is 0. The summed E-state index contributed by atoms with van der Waals surface area (Å²) in [5.41, 5.74) is 0.895. The molecule has 0 bridgehead atoms. The largest absolute Gasteiger partial charge is 0.294 e. The molecule has 0 spiro atoms. The Bertz CT molecular complexity index is 843. The zero-order valence-corrected chi connectivity index (χ0v) is 15.5. The fourth-order valence-electron chi connectivity index (χ4n) is 2.33. The minimum atomic E-state index is -0.651. The highest BCUT2D eigenvalue weighted by atomic mass is 79.9. The van der Waals surface area contributed by atoms with E-state index in [2.05, 4.69) is 36.8 Å². The third kappa shape index (κ3) is 3.07. The fourth-order valence-corrected chi connectivity index (χ4v) is 3.42. The quantitative estimate of drug-likeness (QED) is 0.428. The molecule has 3 aromatic rings. The summed E-state index contributed by atoms with van der Waals surface area (Å²) in [5, 5.41) is 0.997. The summed E-state index contributed by atoms with van der Waals surface area (Å²) in [6.07, 6.45) is 0. The molecule has 0 saturated carbocycles. The molecule has 2 nitrogen and oxygen atoms in total. The third-order valence-corrected chi connectivity index (χ3v) is 4.61. The van der Waals surface area contributed by atoms with Gasteiger partial charge in [0.2, 0.25) is 0 Å². The van der Waals surface area contributed by atoms with Gasteiger partial charge in [0.1, 0.15) is 22.1 Å². The smallest absolute Gasteiger partial charge is 0.135 e. The van der Waals surface area contributed by atoms with Crippen molar-refractivity contribution < 1.29 is 8.78 Å². The second-order valence-electron chi connectivity index (χ2n) is 4.71. The summed E-state index contributed by atoms with van der Waals surface area (Å²) in [6.45, 7) is 0. The van der Waals surface area contributed by atoms with Gasteiger partial charge < -0.3 is 0 Å². The van der Waals surface area contributed by atoms with Crippen molar-refractivity contribution in [2.75, 3.05) is 0 Å². The molecule has 0 atom stereocenters. The Morgan fingerprint density at radius 1 is 1.04 bits per heavy atom. The maximum absolute atomic E-state index is 14.3. The van der Waals surface area contributed by atoms with Gasteiger partial charge in [-0.05, 0) is 52.3 Å². The molecule has 0 aliphatic carbocycles. The van der Waals surface area contributed by atoms with Gasteiger partial charge in [-0.25, -0.2) is 13.8 Å². The normalized spacial score (nSPS) is 11.0. The fraction of sp³-hybridized carbons (Fsp3) is 0.0625. The van der Waals surface area contributed by atoms with Gasteiger partial charge >= 0.3 is 0 Å². The lowest BCUT2D eigenvalue weighted by Crippen LogP contribution is -2.03. The van der Waals surface area contributed by atoms with Gasteiger partial charge in [-0.3, -0.25) is 4.57 Å². The summed E-state index contributed by atoms with van der Waals surface area (Å²) in [4.78, 5) is 4.35. The van der Waals surface area contributed by atoms with Gasteiger partial charge in [0.15, 0.2) is 0 Å². The summed E-state index contributed by atoms with van der Waals surface area (Å²) in [7, 11) is 0. The lowest BCUT2D eigenvalue weighted by Gasteiger charge is -2.13. The van der Waals surface area contributed by atoms with E-state index in [1.54, 1.807) is 28.8 Å². The topological polar surface area (TPSA) is 17.8 Å². The molecular formula is C16H9Br2ClF2N2.